The lowest BCUT2D eigenvalue weighted by Gasteiger charge is -2.22. The second-order valence-corrected chi connectivity index (χ2v) is 6.28. The van der Waals surface area contributed by atoms with Gasteiger partial charge in [-0.25, -0.2) is 0 Å². The topological polar surface area (TPSA) is 147 Å². The largest absolute Gasteiger partial charge is 0.361 e. The molecule has 0 aromatic carbocycles. The molecule has 0 aromatic rings. The maximum Gasteiger partial charge on any atom is 0.309 e. The molecule has 0 saturated carbocycles. The summed E-state index contributed by atoms with van der Waals surface area (Å²) in [4.78, 5) is 57.4. The number of primary amides is 1. The van der Waals surface area contributed by atoms with Crippen LogP contribution in [0.2, 0.25) is 0 Å². The Bertz CT molecular complexity index is 520. The summed E-state index contributed by atoms with van der Waals surface area (Å²) in [6, 6.07) is -1.82. The molecule has 1 saturated heterocycles. The average molecular weight is 340 g/mol. The smallest absolute Gasteiger partial charge is 0.309 e. The van der Waals surface area contributed by atoms with Gasteiger partial charge in [-0.2, -0.15) is 0 Å². The maximum atomic E-state index is 12.3. The van der Waals surface area contributed by atoms with Gasteiger partial charge in [-0.05, 0) is 25.2 Å². The summed E-state index contributed by atoms with van der Waals surface area (Å²) in [6.07, 6.45) is 1.64. The van der Waals surface area contributed by atoms with Crippen LogP contribution in [0.1, 0.15) is 33.1 Å². The number of aldehydes is 1. The van der Waals surface area contributed by atoms with Crippen molar-refractivity contribution < 1.29 is 24.0 Å². The summed E-state index contributed by atoms with van der Waals surface area (Å²) in [5.41, 5.74) is 4.88. The summed E-state index contributed by atoms with van der Waals surface area (Å²) in [7, 11) is 0. The molecule has 0 radical (unpaired) electrons. The van der Waals surface area contributed by atoms with Crippen LogP contribution in [0.5, 0.6) is 0 Å². The Kier molecular flexibility index (Phi) is 7.34. The highest BCUT2D eigenvalue weighted by molar-refractivity contribution is 6.34. The normalized spacial score (nSPS) is 19.3. The molecule has 0 aromatic heterocycles. The quantitative estimate of drug-likeness (QED) is 0.304. The molecule has 3 atom stereocenters. The van der Waals surface area contributed by atoms with E-state index in [1.807, 2.05) is 13.8 Å². The molecule has 4 amide bonds. The fraction of sp³-hybridized carbons (Fsp3) is 0.667. The van der Waals surface area contributed by atoms with E-state index in [-0.39, 0.29) is 30.6 Å². The van der Waals surface area contributed by atoms with E-state index in [1.54, 1.807) is 0 Å². The molecule has 0 unspecified atom stereocenters. The van der Waals surface area contributed by atoms with Crippen LogP contribution in [-0.2, 0) is 24.0 Å². The zero-order valence-corrected chi connectivity index (χ0v) is 13.8. The third kappa shape index (κ3) is 5.98. The highest BCUT2D eigenvalue weighted by Gasteiger charge is 2.30. The van der Waals surface area contributed by atoms with Gasteiger partial charge in [-0.1, -0.05) is 13.8 Å². The van der Waals surface area contributed by atoms with Crippen molar-refractivity contribution in [3.63, 3.8) is 0 Å². The van der Waals surface area contributed by atoms with Gasteiger partial charge in [0, 0.05) is 12.5 Å². The molecule has 1 rings (SSSR count). The zero-order valence-electron chi connectivity index (χ0n) is 13.8. The van der Waals surface area contributed by atoms with Gasteiger partial charge in [0.2, 0.25) is 11.8 Å². The first-order chi connectivity index (χ1) is 11.2. The average Bonchev–Trinajstić information content (AvgIpc) is 2.90. The first kappa shape index (κ1) is 19.6. The van der Waals surface area contributed by atoms with E-state index >= 15 is 0 Å². The van der Waals surface area contributed by atoms with Crippen molar-refractivity contribution in [1.29, 1.82) is 0 Å². The second kappa shape index (κ2) is 8.99. The third-order valence-corrected chi connectivity index (χ3v) is 3.75. The fourth-order valence-electron chi connectivity index (χ4n) is 2.54. The van der Waals surface area contributed by atoms with Crippen LogP contribution in [0.25, 0.3) is 0 Å². The number of amides is 4. The van der Waals surface area contributed by atoms with Gasteiger partial charge in [0.25, 0.3) is 0 Å². The van der Waals surface area contributed by atoms with Gasteiger partial charge in [0.05, 0.1) is 6.04 Å². The van der Waals surface area contributed by atoms with E-state index in [1.165, 1.54) is 0 Å². The van der Waals surface area contributed by atoms with Crippen molar-refractivity contribution in [1.82, 2.24) is 16.0 Å². The van der Waals surface area contributed by atoms with Crippen molar-refractivity contribution in [3.05, 3.63) is 0 Å². The lowest BCUT2D eigenvalue weighted by Crippen LogP contribution is -2.53. The molecule has 1 aliphatic heterocycles. The first-order valence-corrected chi connectivity index (χ1v) is 7.88. The number of carbonyl (C=O) groups excluding carboxylic acids is 5. The zero-order chi connectivity index (χ0) is 18.3. The predicted octanol–water partition coefficient (Wildman–Crippen LogP) is -1.79. The standard InChI is InChI=1S/C15H24N4O5/c1-8(2)5-11(19-15(24)12(16)21)14(23)18-10(7-20)6-9-3-4-17-13(9)22/h7-11H,3-6H2,1-2H3,(H2,16,21)(H,17,22)(H,18,23)(H,19,24)/t9-,10-,11-/m0/s1. The summed E-state index contributed by atoms with van der Waals surface area (Å²) in [5.74, 6) is -3.25. The molecule has 0 aliphatic carbocycles. The van der Waals surface area contributed by atoms with Gasteiger partial charge in [-0.15, -0.1) is 0 Å². The van der Waals surface area contributed by atoms with Crippen LogP contribution in [0.3, 0.4) is 0 Å². The van der Waals surface area contributed by atoms with Gasteiger partial charge in [0.1, 0.15) is 12.3 Å². The van der Waals surface area contributed by atoms with Gasteiger partial charge < -0.3 is 26.5 Å². The Balaban J connectivity index is 2.69. The highest BCUT2D eigenvalue weighted by atomic mass is 16.2. The SMILES string of the molecule is CC(C)C[C@H](NC(=O)C(N)=O)C(=O)N[C@H](C=O)C[C@@H]1CCNC1=O. The Morgan fingerprint density at radius 3 is 2.46 bits per heavy atom. The molecule has 9 nitrogen and oxygen atoms in total. The lowest BCUT2D eigenvalue weighted by atomic mass is 9.98. The predicted molar refractivity (Wildman–Crippen MR) is 84.3 cm³/mol. The number of nitrogens with one attached hydrogen (secondary N) is 3. The van der Waals surface area contributed by atoms with Crippen LogP contribution >= 0.6 is 0 Å². The molecule has 0 spiro atoms. The van der Waals surface area contributed by atoms with E-state index in [9.17, 15) is 24.0 Å². The van der Waals surface area contributed by atoms with Crippen molar-refractivity contribution in [3.8, 4) is 0 Å². The van der Waals surface area contributed by atoms with Crippen LogP contribution in [0.15, 0.2) is 0 Å². The lowest BCUT2D eigenvalue weighted by molar-refractivity contribution is -0.139. The summed E-state index contributed by atoms with van der Waals surface area (Å²) < 4.78 is 0. The van der Waals surface area contributed by atoms with Gasteiger partial charge in [-0.3, -0.25) is 19.2 Å². The second-order valence-electron chi connectivity index (χ2n) is 6.28. The Morgan fingerprint density at radius 2 is 2.00 bits per heavy atom. The minimum Gasteiger partial charge on any atom is -0.361 e. The Hall–Kier alpha value is -2.45. The maximum absolute atomic E-state index is 12.3. The minimum absolute atomic E-state index is 0.0595. The van der Waals surface area contributed by atoms with Crippen molar-refractivity contribution >= 4 is 29.9 Å². The van der Waals surface area contributed by atoms with E-state index in [2.05, 4.69) is 16.0 Å². The molecule has 0 bridgehead atoms. The molecular weight excluding hydrogens is 316 g/mol. The van der Waals surface area contributed by atoms with E-state index in [0.29, 0.717) is 19.3 Å². The van der Waals surface area contributed by atoms with Gasteiger partial charge >= 0.3 is 11.8 Å². The molecule has 5 N–H and O–H groups in total. The van der Waals surface area contributed by atoms with E-state index in [0.717, 1.165) is 0 Å². The van der Waals surface area contributed by atoms with Crippen molar-refractivity contribution in [2.24, 2.45) is 17.6 Å². The Labute approximate surface area is 140 Å². The molecule has 9 heteroatoms. The minimum atomic E-state index is -1.19. The summed E-state index contributed by atoms with van der Waals surface area (Å²) in [6.45, 7) is 4.24. The number of rotatable bonds is 8. The monoisotopic (exact) mass is 340 g/mol. The number of carbonyl (C=O) groups is 5. The Morgan fingerprint density at radius 1 is 1.33 bits per heavy atom. The molecule has 1 fully saturated rings. The first-order valence-electron chi connectivity index (χ1n) is 7.88. The third-order valence-electron chi connectivity index (χ3n) is 3.75. The van der Waals surface area contributed by atoms with Gasteiger partial charge in [0.15, 0.2) is 0 Å². The van der Waals surface area contributed by atoms with Crippen molar-refractivity contribution in [2.75, 3.05) is 6.54 Å². The van der Waals surface area contributed by atoms with Crippen LogP contribution in [0.4, 0.5) is 0 Å². The summed E-state index contributed by atoms with van der Waals surface area (Å²) >= 11 is 0. The number of hydrogen-bond donors (Lipinski definition) is 4. The number of nitrogens with two attached hydrogens (primary N) is 1. The molecule has 24 heavy (non-hydrogen) atoms. The highest BCUT2D eigenvalue weighted by Crippen LogP contribution is 2.15. The van der Waals surface area contributed by atoms with E-state index in [4.69, 9.17) is 5.73 Å². The summed E-state index contributed by atoms with van der Waals surface area (Å²) in [5, 5.41) is 7.43. The molecular formula is C15H24N4O5. The molecule has 134 valence electrons. The van der Waals surface area contributed by atoms with Crippen LogP contribution < -0.4 is 21.7 Å². The molecule has 1 heterocycles. The number of hydrogen-bond acceptors (Lipinski definition) is 5. The van der Waals surface area contributed by atoms with Crippen molar-refractivity contribution in [2.45, 2.75) is 45.2 Å². The van der Waals surface area contributed by atoms with E-state index < -0.39 is 29.8 Å². The molecule has 1 aliphatic rings. The van der Waals surface area contributed by atoms with Crippen LogP contribution in [0, 0.1) is 11.8 Å². The fourth-order valence-corrected chi connectivity index (χ4v) is 2.54. The van der Waals surface area contributed by atoms with Crippen LogP contribution in [-0.4, -0.2) is 48.5 Å².